The van der Waals surface area contributed by atoms with Crippen LogP contribution in [-0.2, 0) is 4.79 Å². The number of hydrogen-bond acceptors (Lipinski definition) is 3. The van der Waals surface area contributed by atoms with E-state index in [1.54, 1.807) is 49.4 Å². The molecule has 0 heterocycles. The van der Waals surface area contributed by atoms with Crippen molar-refractivity contribution in [3.63, 3.8) is 0 Å². The first kappa shape index (κ1) is 17.5. The number of amides is 3. The van der Waals surface area contributed by atoms with E-state index in [0.29, 0.717) is 10.6 Å². The van der Waals surface area contributed by atoms with Gasteiger partial charge in [0.05, 0.1) is 17.1 Å². The summed E-state index contributed by atoms with van der Waals surface area (Å²) < 4.78 is 0. The molecule has 0 fully saturated rings. The topological polar surface area (TPSA) is 87.3 Å². The fourth-order valence-corrected chi connectivity index (χ4v) is 2.19. The highest BCUT2D eigenvalue weighted by Gasteiger charge is 2.12. The third-order valence-corrected chi connectivity index (χ3v) is 3.56. The standard InChI is InChI=1S/C17H16ClN3O3/c1-11-6-2-3-7-12(11)17(24)21-20-15(22)10-19-16(23)13-8-4-5-9-14(13)18/h2-9H,10H2,1H3,(H,19,23)(H,20,22)(H,21,24). The van der Waals surface area contributed by atoms with Crippen LogP contribution in [0.25, 0.3) is 0 Å². The summed E-state index contributed by atoms with van der Waals surface area (Å²) in [5, 5.41) is 2.72. The Balaban J connectivity index is 1.82. The third kappa shape index (κ3) is 4.57. The summed E-state index contributed by atoms with van der Waals surface area (Å²) in [4.78, 5) is 35.6. The van der Waals surface area contributed by atoms with Crippen molar-refractivity contribution in [3.8, 4) is 0 Å². The van der Waals surface area contributed by atoms with Crippen LogP contribution in [0, 0.1) is 6.92 Å². The molecule has 3 N–H and O–H groups in total. The number of carbonyl (C=O) groups excluding carboxylic acids is 3. The van der Waals surface area contributed by atoms with E-state index >= 15 is 0 Å². The van der Waals surface area contributed by atoms with Crippen molar-refractivity contribution in [2.75, 3.05) is 6.54 Å². The van der Waals surface area contributed by atoms with Crippen LogP contribution in [0.3, 0.4) is 0 Å². The molecular formula is C17H16ClN3O3. The second-order valence-electron chi connectivity index (χ2n) is 4.98. The van der Waals surface area contributed by atoms with Crippen molar-refractivity contribution in [2.45, 2.75) is 6.92 Å². The van der Waals surface area contributed by atoms with Gasteiger partial charge in [-0.25, -0.2) is 0 Å². The summed E-state index contributed by atoms with van der Waals surface area (Å²) in [5.74, 6) is -1.46. The molecular weight excluding hydrogens is 330 g/mol. The minimum absolute atomic E-state index is 0.274. The molecule has 0 aliphatic rings. The highest BCUT2D eigenvalue weighted by Crippen LogP contribution is 2.14. The predicted molar refractivity (Wildman–Crippen MR) is 90.6 cm³/mol. The van der Waals surface area contributed by atoms with Crippen molar-refractivity contribution in [1.29, 1.82) is 0 Å². The zero-order valence-corrected chi connectivity index (χ0v) is 13.7. The van der Waals surface area contributed by atoms with Crippen LogP contribution in [0.4, 0.5) is 0 Å². The number of aryl methyl sites for hydroxylation is 1. The number of benzene rings is 2. The SMILES string of the molecule is Cc1ccccc1C(=O)NNC(=O)CNC(=O)c1ccccc1Cl. The van der Waals surface area contributed by atoms with Crippen molar-refractivity contribution in [1.82, 2.24) is 16.2 Å². The molecule has 124 valence electrons. The first-order valence-corrected chi connectivity index (χ1v) is 7.54. The maximum Gasteiger partial charge on any atom is 0.269 e. The Bertz CT molecular complexity index is 714. The Morgan fingerprint density at radius 2 is 1.50 bits per heavy atom. The van der Waals surface area contributed by atoms with Crippen molar-refractivity contribution in [3.05, 3.63) is 70.2 Å². The lowest BCUT2D eigenvalue weighted by atomic mass is 10.1. The predicted octanol–water partition coefficient (Wildman–Crippen LogP) is 1.84. The van der Waals surface area contributed by atoms with Gasteiger partial charge in [-0.15, -0.1) is 0 Å². The van der Waals surface area contributed by atoms with E-state index in [-0.39, 0.29) is 12.1 Å². The van der Waals surface area contributed by atoms with Crippen LogP contribution in [0.2, 0.25) is 5.02 Å². The van der Waals surface area contributed by atoms with Crippen molar-refractivity contribution in [2.24, 2.45) is 0 Å². The highest BCUT2D eigenvalue weighted by atomic mass is 35.5. The molecule has 2 rings (SSSR count). The summed E-state index contributed by atoms with van der Waals surface area (Å²) in [6, 6.07) is 13.5. The van der Waals surface area contributed by atoms with E-state index in [9.17, 15) is 14.4 Å². The fraction of sp³-hybridized carbons (Fsp3) is 0.118. The van der Waals surface area contributed by atoms with Gasteiger partial charge in [0.1, 0.15) is 0 Å². The maximum atomic E-state index is 11.9. The Labute approximate surface area is 144 Å². The molecule has 2 aromatic carbocycles. The lowest BCUT2D eigenvalue weighted by molar-refractivity contribution is -0.120. The number of hydrazine groups is 1. The number of halogens is 1. The average Bonchev–Trinajstić information content (AvgIpc) is 2.58. The molecule has 0 atom stereocenters. The first-order valence-electron chi connectivity index (χ1n) is 7.16. The highest BCUT2D eigenvalue weighted by molar-refractivity contribution is 6.33. The molecule has 0 aliphatic heterocycles. The Hall–Kier alpha value is -2.86. The van der Waals surface area contributed by atoms with Gasteiger partial charge < -0.3 is 5.32 Å². The fourth-order valence-electron chi connectivity index (χ4n) is 1.97. The van der Waals surface area contributed by atoms with E-state index in [2.05, 4.69) is 16.2 Å². The number of rotatable bonds is 4. The Morgan fingerprint density at radius 3 is 2.17 bits per heavy atom. The van der Waals surface area contributed by atoms with E-state index in [4.69, 9.17) is 11.6 Å². The molecule has 0 aliphatic carbocycles. The van der Waals surface area contributed by atoms with Gasteiger partial charge in [-0.1, -0.05) is 41.9 Å². The quantitative estimate of drug-likeness (QED) is 0.739. The maximum absolute atomic E-state index is 11.9. The van der Waals surface area contributed by atoms with E-state index in [1.165, 1.54) is 0 Å². The summed E-state index contributed by atoms with van der Waals surface area (Å²) in [7, 11) is 0. The Morgan fingerprint density at radius 1 is 0.875 bits per heavy atom. The summed E-state index contributed by atoms with van der Waals surface area (Å²) in [5.41, 5.74) is 6.06. The van der Waals surface area contributed by atoms with Gasteiger partial charge in [0.2, 0.25) is 0 Å². The number of nitrogens with one attached hydrogen (secondary N) is 3. The normalized spacial score (nSPS) is 9.92. The van der Waals surface area contributed by atoms with E-state index in [0.717, 1.165) is 5.56 Å². The molecule has 0 bridgehead atoms. The summed E-state index contributed by atoms with van der Waals surface area (Å²) in [6.07, 6.45) is 0. The first-order chi connectivity index (χ1) is 11.5. The van der Waals surface area contributed by atoms with Gasteiger partial charge in [-0.05, 0) is 30.7 Å². The van der Waals surface area contributed by atoms with Gasteiger partial charge >= 0.3 is 0 Å². The van der Waals surface area contributed by atoms with Crippen LogP contribution in [-0.4, -0.2) is 24.3 Å². The molecule has 7 heteroatoms. The number of carbonyl (C=O) groups is 3. The minimum atomic E-state index is -0.558. The zero-order valence-electron chi connectivity index (χ0n) is 12.9. The van der Waals surface area contributed by atoms with Crippen LogP contribution in [0.1, 0.15) is 26.3 Å². The summed E-state index contributed by atoms with van der Waals surface area (Å²) >= 11 is 5.90. The third-order valence-electron chi connectivity index (χ3n) is 3.23. The molecule has 0 aromatic heterocycles. The smallest absolute Gasteiger partial charge is 0.269 e. The molecule has 6 nitrogen and oxygen atoms in total. The number of hydrogen-bond donors (Lipinski definition) is 3. The van der Waals surface area contributed by atoms with Crippen molar-refractivity contribution >= 4 is 29.3 Å². The monoisotopic (exact) mass is 345 g/mol. The van der Waals surface area contributed by atoms with E-state index in [1.807, 2.05) is 6.07 Å². The van der Waals surface area contributed by atoms with Crippen LogP contribution < -0.4 is 16.2 Å². The molecule has 2 aromatic rings. The second kappa shape index (κ2) is 8.12. The zero-order chi connectivity index (χ0) is 17.5. The molecule has 0 radical (unpaired) electrons. The van der Waals surface area contributed by atoms with Crippen LogP contribution in [0.15, 0.2) is 48.5 Å². The lowest BCUT2D eigenvalue weighted by Crippen LogP contribution is -2.46. The van der Waals surface area contributed by atoms with Crippen LogP contribution in [0.5, 0.6) is 0 Å². The summed E-state index contributed by atoms with van der Waals surface area (Å²) in [6.45, 7) is 1.50. The molecule has 0 unspecified atom stereocenters. The van der Waals surface area contributed by atoms with E-state index < -0.39 is 17.7 Å². The molecule has 3 amide bonds. The van der Waals surface area contributed by atoms with Crippen molar-refractivity contribution < 1.29 is 14.4 Å². The largest absolute Gasteiger partial charge is 0.343 e. The van der Waals surface area contributed by atoms with Gasteiger partial charge in [-0.3, -0.25) is 25.2 Å². The van der Waals surface area contributed by atoms with Gasteiger partial charge in [0.15, 0.2) is 0 Å². The molecule has 0 saturated heterocycles. The molecule has 0 spiro atoms. The van der Waals surface area contributed by atoms with Gasteiger partial charge in [-0.2, -0.15) is 0 Å². The minimum Gasteiger partial charge on any atom is -0.343 e. The molecule has 0 saturated carbocycles. The lowest BCUT2D eigenvalue weighted by Gasteiger charge is -2.10. The van der Waals surface area contributed by atoms with Crippen LogP contribution >= 0.6 is 11.6 Å². The Kier molecular flexibility index (Phi) is 5.92. The van der Waals surface area contributed by atoms with Gasteiger partial charge in [0, 0.05) is 5.56 Å². The second-order valence-corrected chi connectivity index (χ2v) is 5.39. The molecule has 24 heavy (non-hydrogen) atoms. The average molecular weight is 346 g/mol. The van der Waals surface area contributed by atoms with Gasteiger partial charge in [0.25, 0.3) is 17.7 Å².